The second kappa shape index (κ2) is 10.0. The zero-order valence-electron chi connectivity index (χ0n) is 17.3. The number of non-ortho nitro benzene ring substituents is 1. The number of nitrogens with one attached hydrogen (secondary N) is 2. The molecule has 0 unspecified atom stereocenters. The summed E-state index contributed by atoms with van der Waals surface area (Å²) < 4.78 is 10.5. The summed E-state index contributed by atoms with van der Waals surface area (Å²) in [5.74, 6) is 1.13. The summed E-state index contributed by atoms with van der Waals surface area (Å²) in [6.45, 7) is 0.351. The average molecular weight is 440 g/mol. The standard InChI is InChI=1S/C20H20N6O6/c1-31-16-7-6-13(10-17(16)32-2)8-9-21-19-18(26(29)30)20(23-12-22-19)24-14-4-3-5-15(11-14)25(27)28/h3-7,10-12H,8-9H2,1-2H3,(H2,21,22,23,24). The Labute approximate surface area is 182 Å². The zero-order chi connectivity index (χ0) is 23.1. The van der Waals surface area contributed by atoms with Crippen molar-refractivity contribution >= 4 is 28.7 Å². The van der Waals surface area contributed by atoms with Crippen molar-refractivity contribution in [2.75, 3.05) is 31.4 Å². The van der Waals surface area contributed by atoms with Crippen LogP contribution in [0.3, 0.4) is 0 Å². The highest BCUT2D eigenvalue weighted by atomic mass is 16.6. The molecule has 2 N–H and O–H groups in total. The number of nitrogens with zero attached hydrogens (tertiary/aromatic N) is 4. The van der Waals surface area contributed by atoms with E-state index in [0.29, 0.717) is 24.5 Å². The highest BCUT2D eigenvalue weighted by Gasteiger charge is 2.23. The van der Waals surface area contributed by atoms with E-state index in [4.69, 9.17) is 9.47 Å². The number of aromatic nitrogens is 2. The van der Waals surface area contributed by atoms with Crippen molar-refractivity contribution in [3.63, 3.8) is 0 Å². The van der Waals surface area contributed by atoms with Crippen molar-refractivity contribution in [2.45, 2.75) is 6.42 Å². The van der Waals surface area contributed by atoms with Crippen molar-refractivity contribution in [3.05, 3.63) is 74.6 Å². The minimum Gasteiger partial charge on any atom is -0.493 e. The topological polar surface area (TPSA) is 155 Å². The first kappa shape index (κ1) is 22.2. The fourth-order valence-corrected chi connectivity index (χ4v) is 2.97. The maximum Gasteiger partial charge on any atom is 0.353 e. The highest BCUT2D eigenvalue weighted by Crippen LogP contribution is 2.32. The fourth-order valence-electron chi connectivity index (χ4n) is 2.97. The van der Waals surface area contributed by atoms with Crippen molar-refractivity contribution in [1.29, 1.82) is 0 Å². The van der Waals surface area contributed by atoms with Crippen LogP contribution in [0.25, 0.3) is 0 Å². The van der Waals surface area contributed by atoms with Gasteiger partial charge in [-0.1, -0.05) is 12.1 Å². The molecule has 1 heterocycles. The van der Waals surface area contributed by atoms with Crippen LogP contribution >= 0.6 is 0 Å². The van der Waals surface area contributed by atoms with Crippen LogP contribution in [0.1, 0.15) is 5.56 Å². The average Bonchev–Trinajstić information content (AvgIpc) is 2.79. The Balaban J connectivity index is 1.77. The normalized spacial score (nSPS) is 10.3. The third-order valence-corrected chi connectivity index (χ3v) is 4.48. The van der Waals surface area contributed by atoms with Crippen LogP contribution in [-0.2, 0) is 6.42 Å². The molecule has 0 radical (unpaired) electrons. The lowest BCUT2D eigenvalue weighted by atomic mass is 10.1. The Morgan fingerprint density at radius 3 is 2.38 bits per heavy atom. The molecule has 0 saturated heterocycles. The molecule has 166 valence electrons. The van der Waals surface area contributed by atoms with E-state index >= 15 is 0 Å². The lowest BCUT2D eigenvalue weighted by Crippen LogP contribution is -2.11. The Bertz CT molecular complexity index is 1140. The van der Waals surface area contributed by atoms with Gasteiger partial charge in [0, 0.05) is 24.4 Å². The van der Waals surface area contributed by atoms with E-state index in [1.807, 2.05) is 12.1 Å². The van der Waals surface area contributed by atoms with Crippen molar-refractivity contribution in [3.8, 4) is 11.5 Å². The van der Waals surface area contributed by atoms with Gasteiger partial charge in [-0.15, -0.1) is 0 Å². The van der Waals surface area contributed by atoms with Gasteiger partial charge in [0.25, 0.3) is 5.69 Å². The third kappa shape index (κ3) is 5.16. The molecule has 32 heavy (non-hydrogen) atoms. The van der Waals surface area contributed by atoms with Gasteiger partial charge < -0.3 is 20.1 Å². The molecule has 12 heteroatoms. The fraction of sp³-hybridized carbons (Fsp3) is 0.200. The number of anilines is 3. The molecule has 1 aromatic heterocycles. The van der Waals surface area contributed by atoms with Gasteiger partial charge >= 0.3 is 5.69 Å². The van der Waals surface area contributed by atoms with Gasteiger partial charge in [0.15, 0.2) is 11.5 Å². The summed E-state index contributed by atoms with van der Waals surface area (Å²) in [6.07, 6.45) is 1.71. The quantitative estimate of drug-likeness (QED) is 0.352. The van der Waals surface area contributed by atoms with Crippen molar-refractivity contribution in [1.82, 2.24) is 9.97 Å². The molecular weight excluding hydrogens is 420 g/mol. The van der Waals surface area contributed by atoms with E-state index < -0.39 is 9.85 Å². The molecular formula is C20H20N6O6. The molecule has 0 aliphatic heterocycles. The predicted molar refractivity (Wildman–Crippen MR) is 117 cm³/mol. The third-order valence-electron chi connectivity index (χ3n) is 4.48. The molecule has 0 aliphatic carbocycles. The SMILES string of the molecule is COc1ccc(CCNc2ncnc(Nc3cccc([N+](=O)[O-])c3)c2[N+](=O)[O-])cc1OC. The van der Waals surface area contributed by atoms with Crippen LogP contribution in [0.5, 0.6) is 11.5 Å². The number of nitro benzene ring substituents is 1. The van der Waals surface area contributed by atoms with E-state index in [0.717, 1.165) is 5.56 Å². The van der Waals surface area contributed by atoms with Crippen LogP contribution in [0.2, 0.25) is 0 Å². The summed E-state index contributed by atoms with van der Waals surface area (Å²) in [4.78, 5) is 29.4. The maximum absolute atomic E-state index is 11.7. The summed E-state index contributed by atoms with van der Waals surface area (Å²) in [6, 6.07) is 11.1. The van der Waals surface area contributed by atoms with Crippen molar-refractivity contribution in [2.24, 2.45) is 0 Å². The van der Waals surface area contributed by atoms with Gasteiger partial charge in [-0.25, -0.2) is 9.97 Å². The van der Waals surface area contributed by atoms with E-state index in [2.05, 4.69) is 20.6 Å². The Morgan fingerprint density at radius 2 is 1.69 bits per heavy atom. The molecule has 3 aromatic rings. The molecule has 0 atom stereocenters. The molecule has 0 aliphatic rings. The van der Waals surface area contributed by atoms with Crippen molar-refractivity contribution < 1.29 is 19.3 Å². The molecule has 0 bridgehead atoms. The number of methoxy groups -OCH3 is 2. The minimum atomic E-state index is -0.613. The van der Waals surface area contributed by atoms with Crippen LogP contribution in [0.4, 0.5) is 28.7 Å². The van der Waals surface area contributed by atoms with E-state index in [-0.39, 0.29) is 28.7 Å². The van der Waals surface area contributed by atoms with E-state index in [1.54, 1.807) is 26.4 Å². The number of nitro groups is 2. The number of ether oxygens (including phenoxy) is 2. The lowest BCUT2D eigenvalue weighted by molar-refractivity contribution is -0.384. The van der Waals surface area contributed by atoms with Crippen LogP contribution in [-0.4, -0.2) is 40.6 Å². The molecule has 0 amide bonds. The first-order valence-electron chi connectivity index (χ1n) is 9.38. The molecule has 0 fully saturated rings. The Hall–Kier alpha value is -4.48. The van der Waals surface area contributed by atoms with E-state index in [9.17, 15) is 20.2 Å². The Morgan fingerprint density at radius 1 is 0.938 bits per heavy atom. The van der Waals surface area contributed by atoms with Gasteiger partial charge in [0.05, 0.1) is 24.1 Å². The maximum atomic E-state index is 11.7. The molecule has 3 rings (SSSR count). The number of rotatable bonds is 10. The van der Waals surface area contributed by atoms with Crippen LogP contribution in [0, 0.1) is 20.2 Å². The lowest BCUT2D eigenvalue weighted by Gasteiger charge is -2.11. The van der Waals surface area contributed by atoms with Crippen LogP contribution < -0.4 is 20.1 Å². The van der Waals surface area contributed by atoms with Gasteiger partial charge in [-0.2, -0.15) is 0 Å². The number of benzene rings is 2. The highest BCUT2D eigenvalue weighted by molar-refractivity contribution is 5.74. The zero-order valence-corrected chi connectivity index (χ0v) is 17.3. The molecule has 12 nitrogen and oxygen atoms in total. The first-order chi connectivity index (χ1) is 15.4. The number of hydrogen-bond acceptors (Lipinski definition) is 10. The predicted octanol–water partition coefficient (Wildman–Crippen LogP) is 3.71. The summed E-state index contributed by atoms with van der Waals surface area (Å²) in [7, 11) is 3.09. The second-order valence-electron chi connectivity index (χ2n) is 6.48. The molecule has 0 spiro atoms. The van der Waals surface area contributed by atoms with Gasteiger partial charge in [0.2, 0.25) is 11.6 Å². The smallest absolute Gasteiger partial charge is 0.353 e. The molecule has 0 saturated carbocycles. The minimum absolute atomic E-state index is 0.0263. The number of hydrogen-bond donors (Lipinski definition) is 2. The van der Waals surface area contributed by atoms with Gasteiger partial charge in [-0.3, -0.25) is 20.2 Å². The van der Waals surface area contributed by atoms with E-state index in [1.165, 1.54) is 24.5 Å². The van der Waals surface area contributed by atoms with Gasteiger partial charge in [0.1, 0.15) is 6.33 Å². The van der Waals surface area contributed by atoms with Gasteiger partial charge in [-0.05, 0) is 30.2 Å². The largest absolute Gasteiger partial charge is 0.493 e. The summed E-state index contributed by atoms with van der Waals surface area (Å²) >= 11 is 0. The second-order valence-corrected chi connectivity index (χ2v) is 6.48. The monoisotopic (exact) mass is 440 g/mol. The summed E-state index contributed by atoms with van der Waals surface area (Å²) in [5, 5.41) is 28.4. The van der Waals surface area contributed by atoms with Crippen LogP contribution in [0.15, 0.2) is 48.8 Å². The summed E-state index contributed by atoms with van der Waals surface area (Å²) in [5.41, 5.74) is 0.699. The first-order valence-corrected chi connectivity index (χ1v) is 9.38. The Kier molecular flexibility index (Phi) is 6.95. The molecule has 2 aromatic carbocycles.